The molecule has 0 atom stereocenters. The fourth-order valence-corrected chi connectivity index (χ4v) is 2.51. The zero-order chi connectivity index (χ0) is 16.8. The van der Waals surface area contributed by atoms with Crippen molar-refractivity contribution < 1.29 is 4.79 Å². The van der Waals surface area contributed by atoms with E-state index in [0.29, 0.717) is 6.54 Å². The zero-order valence-corrected chi connectivity index (χ0v) is 13.6. The first kappa shape index (κ1) is 15.9. The molecule has 0 radical (unpaired) electrons. The number of carbonyl (C=O) groups excluding carboxylic acids is 1. The minimum atomic E-state index is -0.00931. The highest BCUT2D eigenvalue weighted by Gasteiger charge is 2.05. The first-order valence-electron chi connectivity index (χ1n) is 7.90. The second kappa shape index (κ2) is 7.51. The Balaban J connectivity index is 1.66. The fraction of sp³-hybridized carbons (Fsp3) is 0.150. The van der Waals surface area contributed by atoms with Crippen LogP contribution in [0.15, 0.2) is 67.1 Å². The van der Waals surface area contributed by atoms with Gasteiger partial charge in [-0.3, -0.25) is 14.8 Å². The summed E-state index contributed by atoms with van der Waals surface area (Å²) in [7, 11) is 1.82. The lowest BCUT2D eigenvalue weighted by Crippen LogP contribution is -2.27. The van der Waals surface area contributed by atoms with Crippen LogP contribution in [0.1, 0.15) is 11.1 Å². The summed E-state index contributed by atoms with van der Waals surface area (Å²) < 4.78 is 0. The summed E-state index contributed by atoms with van der Waals surface area (Å²) in [4.78, 5) is 22.3. The standard InChI is InChI=1S/C20H19N3O/c1-23(15-11-16-8-12-21-13-9-16)20(24)7-6-17-10-14-22-19-5-3-2-4-18(17)19/h2-10,12-14H,11,15H2,1H3. The molecule has 120 valence electrons. The molecule has 1 aromatic carbocycles. The highest BCUT2D eigenvalue weighted by atomic mass is 16.2. The van der Waals surface area contributed by atoms with E-state index in [1.807, 2.05) is 55.6 Å². The Bertz CT molecular complexity index is 854. The molecule has 0 aliphatic rings. The van der Waals surface area contributed by atoms with Gasteiger partial charge in [0, 0.05) is 43.6 Å². The van der Waals surface area contributed by atoms with Gasteiger partial charge in [0.2, 0.25) is 5.91 Å². The van der Waals surface area contributed by atoms with Crippen LogP contribution >= 0.6 is 0 Å². The molecule has 4 nitrogen and oxygen atoms in total. The quantitative estimate of drug-likeness (QED) is 0.678. The molecule has 0 unspecified atom stereocenters. The normalized spacial score (nSPS) is 11.0. The molecule has 3 rings (SSSR count). The van der Waals surface area contributed by atoms with E-state index < -0.39 is 0 Å². The maximum absolute atomic E-state index is 12.3. The van der Waals surface area contributed by atoms with Gasteiger partial charge in [0.05, 0.1) is 5.52 Å². The van der Waals surface area contributed by atoms with E-state index in [2.05, 4.69) is 9.97 Å². The van der Waals surface area contributed by atoms with Gasteiger partial charge >= 0.3 is 0 Å². The Hall–Kier alpha value is -3.01. The topological polar surface area (TPSA) is 46.1 Å². The van der Waals surface area contributed by atoms with Crippen LogP contribution in [0.3, 0.4) is 0 Å². The first-order chi connectivity index (χ1) is 11.7. The number of carbonyl (C=O) groups is 1. The van der Waals surface area contributed by atoms with E-state index in [4.69, 9.17) is 0 Å². The van der Waals surface area contributed by atoms with Crippen LogP contribution in [0.5, 0.6) is 0 Å². The Morgan fingerprint density at radius 3 is 2.71 bits per heavy atom. The van der Waals surface area contributed by atoms with Crippen LogP contribution in [0.2, 0.25) is 0 Å². The number of aromatic nitrogens is 2. The molecule has 0 N–H and O–H groups in total. The zero-order valence-electron chi connectivity index (χ0n) is 13.6. The largest absolute Gasteiger partial charge is 0.342 e. The van der Waals surface area contributed by atoms with Gasteiger partial charge in [-0.05, 0) is 47.9 Å². The molecular weight excluding hydrogens is 298 g/mol. The highest BCUT2D eigenvalue weighted by molar-refractivity contribution is 5.95. The number of amides is 1. The molecule has 1 amide bonds. The molecule has 0 bridgehead atoms. The van der Waals surface area contributed by atoms with E-state index in [0.717, 1.165) is 22.9 Å². The Labute approximate surface area is 141 Å². The van der Waals surface area contributed by atoms with Crippen molar-refractivity contribution >= 4 is 22.9 Å². The Kier molecular flexibility index (Phi) is 4.96. The van der Waals surface area contributed by atoms with Crippen molar-refractivity contribution in [3.63, 3.8) is 0 Å². The second-order valence-electron chi connectivity index (χ2n) is 5.62. The number of rotatable bonds is 5. The summed E-state index contributed by atoms with van der Waals surface area (Å²) in [6, 6.07) is 13.8. The van der Waals surface area contributed by atoms with Crippen LogP contribution in [-0.2, 0) is 11.2 Å². The number of likely N-dealkylation sites (N-methyl/N-ethyl adjacent to an activating group) is 1. The van der Waals surface area contributed by atoms with E-state index in [-0.39, 0.29) is 5.91 Å². The van der Waals surface area contributed by atoms with E-state index in [1.165, 1.54) is 5.56 Å². The van der Waals surface area contributed by atoms with Gasteiger partial charge in [0.15, 0.2) is 0 Å². The Morgan fingerprint density at radius 1 is 1.08 bits per heavy atom. The van der Waals surface area contributed by atoms with Gasteiger partial charge in [0.1, 0.15) is 0 Å². The first-order valence-corrected chi connectivity index (χ1v) is 7.90. The SMILES string of the molecule is CN(CCc1ccncc1)C(=O)C=Cc1ccnc2ccccc12. The lowest BCUT2D eigenvalue weighted by molar-refractivity contribution is -0.124. The highest BCUT2D eigenvalue weighted by Crippen LogP contribution is 2.17. The minimum absolute atomic E-state index is 0.00931. The number of nitrogens with zero attached hydrogens (tertiary/aromatic N) is 3. The van der Waals surface area contributed by atoms with Crippen molar-refractivity contribution in [3.05, 3.63) is 78.3 Å². The van der Waals surface area contributed by atoms with Gasteiger partial charge in [-0.25, -0.2) is 0 Å². The molecule has 0 saturated heterocycles. The van der Waals surface area contributed by atoms with E-state index in [1.54, 1.807) is 29.6 Å². The summed E-state index contributed by atoms with van der Waals surface area (Å²) in [5, 5.41) is 1.04. The molecule has 24 heavy (non-hydrogen) atoms. The van der Waals surface area contributed by atoms with Gasteiger partial charge < -0.3 is 4.90 Å². The number of para-hydroxylation sites is 1. The van der Waals surface area contributed by atoms with E-state index in [9.17, 15) is 4.79 Å². The van der Waals surface area contributed by atoms with Crippen molar-refractivity contribution in [1.29, 1.82) is 0 Å². The molecule has 0 fully saturated rings. The van der Waals surface area contributed by atoms with Crippen molar-refractivity contribution in [2.75, 3.05) is 13.6 Å². The maximum atomic E-state index is 12.3. The van der Waals surface area contributed by atoms with Gasteiger partial charge in [-0.15, -0.1) is 0 Å². The molecule has 2 aromatic heterocycles. The summed E-state index contributed by atoms with van der Waals surface area (Å²) in [5.41, 5.74) is 3.10. The fourth-order valence-electron chi connectivity index (χ4n) is 2.51. The molecule has 3 aromatic rings. The van der Waals surface area contributed by atoms with Gasteiger partial charge in [0.25, 0.3) is 0 Å². The lowest BCUT2D eigenvalue weighted by Gasteiger charge is -2.14. The summed E-state index contributed by atoms with van der Waals surface area (Å²) in [5.74, 6) is -0.00931. The van der Waals surface area contributed by atoms with Crippen LogP contribution in [0.4, 0.5) is 0 Å². The van der Waals surface area contributed by atoms with Crippen molar-refractivity contribution in [1.82, 2.24) is 14.9 Å². The molecule has 4 heteroatoms. The predicted octanol–water partition coefficient (Wildman–Crippen LogP) is 3.34. The van der Waals surface area contributed by atoms with Gasteiger partial charge in [-0.1, -0.05) is 18.2 Å². The van der Waals surface area contributed by atoms with Crippen molar-refractivity contribution in [2.24, 2.45) is 0 Å². The Morgan fingerprint density at radius 2 is 1.88 bits per heavy atom. The van der Waals surface area contributed by atoms with Crippen LogP contribution in [0.25, 0.3) is 17.0 Å². The summed E-state index contributed by atoms with van der Waals surface area (Å²) >= 11 is 0. The monoisotopic (exact) mass is 317 g/mol. The second-order valence-corrected chi connectivity index (χ2v) is 5.62. The number of benzene rings is 1. The third-order valence-electron chi connectivity index (χ3n) is 3.95. The van der Waals surface area contributed by atoms with Crippen LogP contribution in [0, 0.1) is 0 Å². The average molecular weight is 317 g/mol. The molecule has 0 aliphatic carbocycles. The lowest BCUT2D eigenvalue weighted by atomic mass is 10.1. The van der Waals surface area contributed by atoms with E-state index >= 15 is 0 Å². The summed E-state index contributed by atoms with van der Waals surface area (Å²) in [6.07, 6.45) is 9.59. The summed E-state index contributed by atoms with van der Waals surface area (Å²) in [6.45, 7) is 0.671. The molecule has 0 aliphatic heterocycles. The molecule has 0 saturated carbocycles. The van der Waals surface area contributed by atoms with Gasteiger partial charge in [-0.2, -0.15) is 0 Å². The van der Waals surface area contributed by atoms with Crippen LogP contribution < -0.4 is 0 Å². The van der Waals surface area contributed by atoms with Crippen LogP contribution in [-0.4, -0.2) is 34.4 Å². The number of hydrogen-bond donors (Lipinski definition) is 0. The third kappa shape index (κ3) is 3.84. The minimum Gasteiger partial charge on any atom is -0.342 e. The number of hydrogen-bond acceptors (Lipinski definition) is 3. The van der Waals surface area contributed by atoms with Crippen molar-refractivity contribution in [2.45, 2.75) is 6.42 Å². The maximum Gasteiger partial charge on any atom is 0.246 e. The predicted molar refractivity (Wildman–Crippen MR) is 96.4 cm³/mol. The number of fused-ring (bicyclic) bond motifs is 1. The molecule has 0 spiro atoms. The van der Waals surface area contributed by atoms with Crippen molar-refractivity contribution in [3.8, 4) is 0 Å². The smallest absolute Gasteiger partial charge is 0.246 e. The number of pyridine rings is 2. The molecular formula is C20H19N3O. The molecule has 2 heterocycles. The average Bonchev–Trinajstić information content (AvgIpc) is 2.65. The third-order valence-corrected chi connectivity index (χ3v) is 3.95.